The zero-order chi connectivity index (χ0) is 30.2. The average Bonchev–Trinajstić information content (AvgIpc) is 3.67. The third-order valence-electron chi connectivity index (χ3n) is 7.86. The van der Waals surface area contributed by atoms with Crippen LogP contribution in [0, 0.1) is 0 Å². The molecule has 2 saturated heterocycles. The number of amides is 1. The van der Waals surface area contributed by atoms with Crippen molar-refractivity contribution < 1.29 is 19.0 Å². The lowest BCUT2D eigenvalue weighted by Crippen LogP contribution is -2.50. The summed E-state index contributed by atoms with van der Waals surface area (Å²) in [6.45, 7) is 11.0. The summed E-state index contributed by atoms with van der Waals surface area (Å²) in [6, 6.07) is 13.5. The Morgan fingerprint density at radius 1 is 1.07 bits per heavy atom. The van der Waals surface area contributed by atoms with E-state index in [1.807, 2.05) is 33.9 Å². The van der Waals surface area contributed by atoms with Crippen LogP contribution in [0.15, 0.2) is 61.2 Å². The maximum absolute atomic E-state index is 12.8. The molecule has 2 aromatic carbocycles. The lowest BCUT2D eigenvalue weighted by Gasteiger charge is -2.36. The minimum atomic E-state index is -1.09. The molecule has 2 aliphatic rings. The van der Waals surface area contributed by atoms with Crippen LogP contribution in [0.3, 0.4) is 0 Å². The van der Waals surface area contributed by atoms with Gasteiger partial charge in [0, 0.05) is 67.9 Å². The first kappa shape index (κ1) is 31.6. The standard InChI is InChI=1S/C32H41Cl2N5O4/c1-3-12-39(13-4-2)31(40)20-36-15-17-38(18-16-36)26-6-8-27(9-7-26)41-21-28-22-42-32(43-28,23-37-14-11-35-24-37)29-10-5-25(33)19-30(29)34/h5-11,14,19,24,28H,3-4,12-13,15-18,20-23H2,1-2H3/t28-,32-/m1/s1. The van der Waals surface area contributed by atoms with Crippen molar-refractivity contribution in [2.45, 2.75) is 45.1 Å². The Kier molecular flexibility index (Phi) is 10.9. The zero-order valence-electron chi connectivity index (χ0n) is 25.0. The van der Waals surface area contributed by atoms with Gasteiger partial charge in [0.25, 0.3) is 0 Å². The van der Waals surface area contributed by atoms with Gasteiger partial charge in [-0.3, -0.25) is 9.69 Å². The highest BCUT2D eigenvalue weighted by molar-refractivity contribution is 6.35. The Labute approximate surface area is 264 Å². The maximum atomic E-state index is 12.8. The average molecular weight is 631 g/mol. The van der Waals surface area contributed by atoms with Crippen molar-refractivity contribution in [1.82, 2.24) is 19.4 Å². The number of rotatable bonds is 13. The fourth-order valence-corrected chi connectivity index (χ4v) is 6.23. The van der Waals surface area contributed by atoms with E-state index in [0.29, 0.717) is 41.9 Å². The third kappa shape index (κ3) is 8.02. The molecule has 2 atom stereocenters. The first-order valence-corrected chi connectivity index (χ1v) is 15.9. The molecule has 0 N–H and O–H groups in total. The quantitative estimate of drug-likeness (QED) is 0.254. The number of piperazine rings is 1. The summed E-state index contributed by atoms with van der Waals surface area (Å²) in [5.41, 5.74) is 1.86. The summed E-state index contributed by atoms with van der Waals surface area (Å²) >= 11 is 12.7. The van der Waals surface area contributed by atoms with Crippen molar-refractivity contribution in [2.75, 3.05) is 63.9 Å². The summed E-state index contributed by atoms with van der Waals surface area (Å²) in [7, 11) is 0. The second-order valence-electron chi connectivity index (χ2n) is 11.1. The van der Waals surface area contributed by atoms with E-state index in [0.717, 1.165) is 63.5 Å². The molecule has 1 amide bonds. The summed E-state index contributed by atoms with van der Waals surface area (Å²) < 4.78 is 20.8. The SMILES string of the molecule is CCCN(CCC)C(=O)CN1CCN(c2ccc(OC[C@@H]3CO[C@@](Cn4ccnc4)(c4ccc(Cl)cc4Cl)O3)cc2)CC1. The molecule has 11 heteroatoms. The summed E-state index contributed by atoms with van der Waals surface area (Å²) in [5.74, 6) is -0.0807. The first-order chi connectivity index (χ1) is 20.9. The summed E-state index contributed by atoms with van der Waals surface area (Å²) in [5, 5.41) is 1.03. The van der Waals surface area contributed by atoms with Gasteiger partial charge in [0.1, 0.15) is 18.5 Å². The molecule has 2 aliphatic heterocycles. The number of hydrogen-bond acceptors (Lipinski definition) is 7. The second kappa shape index (κ2) is 14.8. The van der Waals surface area contributed by atoms with Crippen LogP contribution < -0.4 is 9.64 Å². The number of halogens is 2. The molecule has 2 fully saturated rings. The van der Waals surface area contributed by atoms with Crippen LogP contribution in [0.5, 0.6) is 5.75 Å². The number of imidazole rings is 1. The van der Waals surface area contributed by atoms with Gasteiger partial charge in [0.2, 0.25) is 11.7 Å². The molecule has 5 rings (SSSR count). The van der Waals surface area contributed by atoms with Gasteiger partial charge in [0.05, 0.1) is 31.0 Å². The number of nitrogens with zero attached hydrogens (tertiary/aromatic N) is 5. The fourth-order valence-electron chi connectivity index (χ4n) is 5.67. The lowest BCUT2D eigenvalue weighted by molar-refractivity contribution is -0.189. The predicted octanol–water partition coefficient (Wildman–Crippen LogP) is 5.31. The van der Waals surface area contributed by atoms with Gasteiger partial charge >= 0.3 is 0 Å². The molecule has 0 unspecified atom stereocenters. The molecule has 0 bridgehead atoms. The van der Waals surface area contributed by atoms with E-state index in [4.69, 9.17) is 37.4 Å². The molecule has 3 aromatic rings. The Morgan fingerprint density at radius 2 is 1.81 bits per heavy atom. The number of anilines is 1. The second-order valence-corrected chi connectivity index (χ2v) is 12.0. The fraction of sp³-hybridized carbons (Fsp3) is 0.500. The van der Waals surface area contributed by atoms with Gasteiger partial charge in [-0.05, 0) is 49.2 Å². The predicted molar refractivity (Wildman–Crippen MR) is 169 cm³/mol. The molecular weight excluding hydrogens is 589 g/mol. The maximum Gasteiger partial charge on any atom is 0.236 e. The van der Waals surface area contributed by atoms with Gasteiger partial charge in [0.15, 0.2) is 0 Å². The minimum Gasteiger partial charge on any atom is -0.491 e. The molecule has 0 spiro atoms. The van der Waals surface area contributed by atoms with E-state index in [2.05, 4.69) is 40.8 Å². The van der Waals surface area contributed by atoms with Crippen LogP contribution in [-0.2, 0) is 26.6 Å². The number of aromatic nitrogens is 2. The largest absolute Gasteiger partial charge is 0.491 e. The molecule has 9 nitrogen and oxygen atoms in total. The minimum absolute atomic E-state index is 0.241. The summed E-state index contributed by atoms with van der Waals surface area (Å²) in [4.78, 5) is 23.5. The van der Waals surface area contributed by atoms with Crippen LogP contribution in [0.1, 0.15) is 32.3 Å². The van der Waals surface area contributed by atoms with Gasteiger partial charge < -0.3 is 28.6 Å². The number of ether oxygens (including phenoxy) is 3. The highest BCUT2D eigenvalue weighted by Gasteiger charge is 2.45. The molecule has 43 heavy (non-hydrogen) atoms. The number of hydrogen-bond donors (Lipinski definition) is 0. The first-order valence-electron chi connectivity index (χ1n) is 15.1. The van der Waals surface area contributed by atoms with E-state index in [9.17, 15) is 4.79 Å². The molecule has 0 saturated carbocycles. The van der Waals surface area contributed by atoms with Crippen molar-refractivity contribution in [3.63, 3.8) is 0 Å². The van der Waals surface area contributed by atoms with Crippen molar-refractivity contribution in [3.05, 3.63) is 76.8 Å². The van der Waals surface area contributed by atoms with E-state index in [1.165, 1.54) is 0 Å². The topological polar surface area (TPSA) is 72.3 Å². The normalized spacial score (nSPS) is 20.8. The van der Waals surface area contributed by atoms with Gasteiger partial charge in [-0.15, -0.1) is 0 Å². The van der Waals surface area contributed by atoms with Crippen LogP contribution in [0.4, 0.5) is 5.69 Å². The Hall–Kier alpha value is -2.82. The number of carbonyl (C=O) groups excluding carboxylic acids is 1. The van der Waals surface area contributed by atoms with Crippen LogP contribution in [-0.4, -0.2) is 90.4 Å². The summed E-state index contributed by atoms with van der Waals surface area (Å²) in [6.07, 6.45) is 6.98. The van der Waals surface area contributed by atoms with Crippen LogP contribution >= 0.6 is 23.2 Å². The highest BCUT2D eigenvalue weighted by Crippen LogP contribution is 2.40. The highest BCUT2D eigenvalue weighted by atomic mass is 35.5. The van der Waals surface area contributed by atoms with E-state index in [1.54, 1.807) is 24.7 Å². The van der Waals surface area contributed by atoms with Gasteiger partial charge in [-0.2, -0.15) is 0 Å². The molecule has 3 heterocycles. The van der Waals surface area contributed by atoms with Gasteiger partial charge in [-0.25, -0.2) is 4.98 Å². The third-order valence-corrected chi connectivity index (χ3v) is 8.41. The van der Waals surface area contributed by atoms with E-state index in [-0.39, 0.29) is 12.0 Å². The van der Waals surface area contributed by atoms with Crippen molar-refractivity contribution in [1.29, 1.82) is 0 Å². The van der Waals surface area contributed by atoms with Crippen molar-refractivity contribution >= 4 is 34.8 Å². The Balaban J connectivity index is 1.13. The van der Waals surface area contributed by atoms with E-state index >= 15 is 0 Å². The van der Waals surface area contributed by atoms with Gasteiger partial charge in [-0.1, -0.05) is 43.1 Å². The molecule has 1 aromatic heterocycles. The molecule has 0 radical (unpaired) electrons. The monoisotopic (exact) mass is 629 g/mol. The Morgan fingerprint density at radius 3 is 2.47 bits per heavy atom. The molecular formula is C32H41Cl2N5O4. The lowest BCUT2D eigenvalue weighted by atomic mass is 10.1. The van der Waals surface area contributed by atoms with Crippen LogP contribution in [0.25, 0.3) is 0 Å². The number of benzene rings is 2. The van der Waals surface area contributed by atoms with Crippen molar-refractivity contribution in [2.24, 2.45) is 0 Å². The number of carbonyl (C=O) groups is 1. The smallest absolute Gasteiger partial charge is 0.236 e. The molecule has 0 aliphatic carbocycles. The van der Waals surface area contributed by atoms with Crippen LogP contribution in [0.2, 0.25) is 10.0 Å². The van der Waals surface area contributed by atoms with E-state index < -0.39 is 5.79 Å². The zero-order valence-corrected chi connectivity index (χ0v) is 26.5. The van der Waals surface area contributed by atoms with Crippen molar-refractivity contribution in [3.8, 4) is 5.75 Å². The Bertz CT molecular complexity index is 1310. The molecule has 232 valence electrons.